The summed E-state index contributed by atoms with van der Waals surface area (Å²) >= 11 is 0. The third-order valence-electron chi connectivity index (χ3n) is 16.4. The second kappa shape index (κ2) is 17.9. The molecule has 3 aromatic carbocycles. The molecule has 0 aliphatic carbocycles. The van der Waals surface area contributed by atoms with Gasteiger partial charge in [-0.1, -0.05) is 25.1 Å². The molecule has 17 nitrogen and oxygen atoms in total. The van der Waals surface area contributed by atoms with Crippen molar-refractivity contribution < 1.29 is 42.9 Å². The number of imidazole rings is 2. The lowest BCUT2D eigenvalue weighted by molar-refractivity contribution is -0.156. The molecule has 6 aliphatic rings. The van der Waals surface area contributed by atoms with Crippen LogP contribution in [0.5, 0.6) is 5.75 Å². The zero-order chi connectivity index (χ0) is 48.7. The number of H-pyrrole nitrogens is 2. The molecule has 5 saturated heterocycles. The lowest BCUT2D eigenvalue weighted by Crippen LogP contribution is -2.55. The maximum absolute atomic E-state index is 14.7. The van der Waals surface area contributed by atoms with Crippen LogP contribution in [-0.2, 0) is 35.1 Å². The van der Waals surface area contributed by atoms with E-state index in [1.165, 1.54) is 14.2 Å². The summed E-state index contributed by atoms with van der Waals surface area (Å²) in [5.41, 5.74) is 6.00. The van der Waals surface area contributed by atoms with Crippen LogP contribution in [0.15, 0.2) is 48.7 Å². The number of aromatic nitrogens is 4. The number of fused-ring (bicyclic) bond motifs is 10. The molecule has 370 valence electrons. The number of methoxy groups -OCH3 is 2. The van der Waals surface area contributed by atoms with Gasteiger partial charge >= 0.3 is 12.2 Å². The van der Waals surface area contributed by atoms with Crippen LogP contribution in [0.3, 0.4) is 0 Å². The van der Waals surface area contributed by atoms with Crippen LogP contribution in [0, 0.1) is 11.8 Å². The number of hydrogen-bond acceptors (Lipinski definition) is 11. The minimum absolute atomic E-state index is 0.00479. The van der Waals surface area contributed by atoms with Crippen molar-refractivity contribution in [3.8, 4) is 28.1 Å². The second-order valence-electron chi connectivity index (χ2n) is 20.9. The Labute approximate surface area is 407 Å². The number of carbonyl (C=O) groups excluding carboxylic acids is 4. The summed E-state index contributed by atoms with van der Waals surface area (Å²) in [4.78, 5) is 75.7. The van der Waals surface area contributed by atoms with Gasteiger partial charge in [-0.2, -0.15) is 0 Å². The monoisotopic (exact) mass is 956 g/mol. The second-order valence-corrected chi connectivity index (χ2v) is 20.9. The van der Waals surface area contributed by atoms with Crippen LogP contribution in [0.2, 0.25) is 0 Å². The van der Waals surface area contributed by atoms with Crippen molar-refractivity contribution in [2.75, 3.05) is 14.2 Å². The first-order valence-corrected chi connectivity index (χ1v) is 25.2. The van der Waals surface area contributed by atoms with Gasteiger partial charge in [-0.15, -0.1) is 0 Å². The number of benzene rings is 3. The molecule has 5 aromatic rings. The van der Waals surface area contributed by atoms with E-state index in [1.807, 2.05) is 42.8 Å². The van der Waals surface area contributed by atoms with Crippen molar-refractivity contribution in [1.82, 2.24) is 40.4 Å². The van der Waals surface area contributed by atoms with E-state index < -0.39 is 29.9 Å². The van der Waals surface area contributed by atoms with Crippen LogP contribution in [0.4, 0.5) is 9.59 Å². The minimum atomic E-state index is -0.749. The molecule has 8 heterocycles. The molecular weight excluding hydrogens is 893 g/mol. The van der Waals surface area contributed by atoms with Crippen molar-refractivity contribution in [2.45, 2.75) is 159 Å². The van der Waals surface area contributed by atoms with Crippen molar-refractivity contribution >= 4 is 45.8 Å². The van der Waals surface area contributed by atoms with Gasteiger partial charge in [-0.3, -0.25) is 9.59 Å². The normalized spacial score (nSPS) is 30.8. The highest BCUT2D eigenvalue weighted by molar-refractivity contribution is 6.07. The van der Waals surface area contributed by atoms with Gasteiger partial charge in [0, 0.05) is 17.0 Å². The van der Waals surface area contributed by atoms with Gasteiger partial charge in [0.1, 0.15) is 36.1 Å². The molecular formula is C53H64N8O9. The highest BCUT2D eigenvalue weighted by Crippen LogP contribution is 2.51. The van der Waals surface area contributed by atoms with Crippen LogP contribution < -0.4 is 15.4 Å². The first-order chi connectivity index (χ1) is 33.7. The van der Waals surface area contributed by atoms with Gasteiger partial charge in [0.05, 0.1) is 79.2 Å². The zero-order valence-corrected chi connectivity index (χ0v) is 41.0. The third-order valence-corrected chi connectivity index (χ3v) is 16.4. The zero-order valence-electron chi connectivity index (χ0n) is 41.0. The van der Waals surface area contributed by atoms with Gasteiger partial charge in [0.2, 0.25) is 11.8 Å². The number of hydrogen-bond donors (Lipinski definition) is 4. The molecule has 2 bridgehead atoms. The Kier molecular flexibility index (Phi) is 11.8. The molecule has 2 unspecified atom stereocenters. The number of rotatable bonds is 8. The maximum Gasteiger partial charge on any atom is 0.407 e. The number of amides is 4. The lowest BCUT2D eigenvalue weighted by atomic mass is 9.78. The molecule has 70 heavy (non-hydrogen) atoms. The van der Waals surface area contributed by atoms with E-state index in [4.69, 9.17) is 33.7 Å². The minimum Gasteiger partial charge on any atom is -0.488 e. The van der Waals surface area contributed by atoms with E-state index in [2.05, 4.69) is 70.8 Å². The fourth-order valence-corrected chi connectivity index (χ4v) is 13.4. The average Bonchev–Trinajstić information content (AvgIpc) is 4.18. The molecule has 11 rings (SSSR count). The van der Waals surface area contributed by atoms with Gasteiger partial charge in [0.15, 0.2) is 0 Å². The van der Waals surface area contributed by atoms with E-state index in [0.717, 1.165) is 87.0 Å². The van der Waals surface area contributed by atoms with Gasteiger partial charge in [-0.25, -0.2) is 19.6 Å². The third kappa shape index (κ3) is 7.92. The number of nitrogens with zero attached hydrogens (tertiary/aromatic N) is 4. The van der Waals surface area contributed by atoms with Crippen LogP contribution >= 0.6 is 0 Å². The smallest absolute Gasteiger partial charge is 0.407 e. The predicted octanol–water partition coefficient (Wildman–Crippen LogP) is 8.38. The fraction of sp³-hybridized carbons (Fsp3) is 0.547. The number of alkyl carbamates (subject to hydrolysis) is 2. The largest absolute Gasteiger partial charge is 0.488 e. The Morgan fingerprint density at radius 1 is 0.900 bits per heavy atom. The number of likely N-dealkylation sites (tertiary alicyclic amines) is 1. The summed E-state index contributed by atoms with van der Waals surface area (Å²) in [7, 11) is 2.64. The SMILES string of the molecule is CC[C@H]1CC[C@@H](c2ncc(-c3ccc4c(c3)COc3cc5c(ccc6[nH]c([C@@H]7CC[C@H]8N7C(=O)[C@@H](NC(=O)OC)C7C[C@@H](C)O[C@]8(C)C7)nc65)cc3-4)[nH]2)N1C(=O)C(NC(=O)OC)C1C[C@@H](C)O[C@H](C)C1. The fourth-order valence-electron chi connectivity index (χ4n) is 13.4. The highest BCUT2D eigenvalue weighted by Gasteiger charge is 2.58. The number of ether oxygens (including phenoxy) is 5. The summed E-state index contributed by atoms with van der Waals surface area (Å²) in [5, 5.41) is 7.75. The van der Waals surface area contributed by atoms with Crippen molar-refractivity contribution in [3.05, 3.63) is 65.9 Å². The molecule has 11 atom stereocenters. The molecule has 0 radical (unpaired) electrons. The van der Waals surface area contributed by atoms with E-state index in [-0.39, 0.29) is 66.1 Å². The summed E-state index contributed by atoms with van der Waals surface area (Å²) in [6.07, 6.45) is 6.96. The Morgan fingerprint density at radius 2 is 1.69 bits per heavy atom. The summed E-state index contributed by atoms with van der Waals surface area (Å²) in [6, 6.07) is 12.5. The van der Waals surface area contributed by atoms with Gasteiger partial charge in [-0.05, 0) is 144 Å². The van der Waals surface area contributed by atoms with Crippen LogP contribution in [0.1, 0.15) is 122 Å². The molecule has 2 aromatic heterocycles. The van der Waals surface area contributed by atoms with Crippen LogP contribution in [-0.4, -0.2) is 116 Å². The van der Waals surface area contributed by atoms with E-state index in [1.54, 1.807) is 0 Å². The standard InChI is InChI=1S/C53H64N8O9/c1-8-34-11-14-40(60(34)49(62)44(58-51(64)66-6)31-17-26(2)69-27(3)18-31)47-54-24-39(56-47)30-9-12-35-33(20-30)25-68-42-22-36-29(21-37(35)42)10-13-38-46(36)57-48(55-38)41-15-16-43-53(5)23-32(19-28(4)70-53)45(50(63)61(41)43)59-52(65)67-7/h9-10,12-13,20-22,24,26-28,31-32,34,40-41,43-45H,8,11,14-19,23,25H2,1-7H3,(H,54,56)(H,55,57)(H,58,64)(H,59,65)/t26-,27-,28-,32?,34+,40+,41+,43-,44?,45+,53-/m1/s1. The first-order valence-electron chi connectivity index (χ1n) is 25.2. The molecule has 0 spiro atoms. The molecule has 17 heteroatoms. The first kappa shape index (κ1) is 46.2. The van der Waals surface area contributed by atoms with E-state index in [0.29, 0.717) is 44.5 Å². The number of carbonyl (C=O) groups is 4. The van der Waals surface area contributed by atoms with E-state index in [9.17, 15) is 19.2 Å². The summed E-state index contributed by atoms with van der Waals surface area (Å²) in [6.45, 7) is 10.6. The Balaban J connectivity index is 0.856. The van der Waals surface area contributed by atoms with Crippen molar-refractivity contribution in [1.29, 1.82) is 0 Å². The Bertz CT molecular complexity index is 2870. The molecule has 0 saturated carbocycles. The molecule has 5 fully saturated rings. The van der Waals surface area contributed by atoms with Crippen LogP contribution in [0.25, 0.3) is 44.2 Å². The van der Waals surface area contributed by atoms with E-state index >= 15 is 0 Å². The Hall–Kier alpha value is -6.20. The average molecular weight is 957 g/mol. The van der Waals surface area contributed by atoms with Crippen molar-refractivity contribution in [2.24, 2.45) is 11.8 Å². The van der Waals surface area contributed by atoms with Crippen molar-refractivity contribution in [3.63, 3.8) is 0 Å². The van der Waals surface area contributed by atoms with Gasteiger partial charge < -0.3 is 54.1 Å². The molecule has 6 aliphatic heterocycles. The lowest BCUT2D eigenvalue weighted by Gasteiger charge is -2.45. The summed E-state index contributed by atoms with van der Waals surface area (Å²) in [5.74, 6) is 1.77. The highest BCUT2D eigenvalue weighted by atomic mass is 16.5. The number of nitrogens with one attached hydrogen (secondary N) is 4. The van der Waals surface area contributed by atoms with Gasteiger partial charge in [0.25, 0.3) is 0 Å². The molecule has 4 N–H and O–H groups in total. The summed E-state index contributed by atoms with van der Waals surface area (Å²) < 4.78 is 29.1. The Morgan fingerprint density at radius 3 is 2.46 bits per heavy atom. The quantitative estimate of drug-likeness (QED) is 0.116. The number of aromatic amines is 2. The maximum atomic E-state index is 14.7. The topological polar surface area (TPSA) is 202 Å². The predicted molar refractivity (Wildman–Crippen MR) is 260 cm³/mol. The molecule has 4 amide bonds.